The maximum atomic E-state index is 12.6. The predicted octanol–water partition coefficient (Wildman–Crippen LogP) is 3.64. The molecule has 2 rings (SSSR count). The largest absolute Gasteiger partial charge is 0.416 e. The van der Waals surface area contributed by atoms with Crippen molar-refractivity contribution in [3.8, 4) is 0 Å². The molecular weight excluding hydrogens is 484 g/mol. The van der Waals surface area contributed by atoms with Crippen LogP contribution in [0, 0.1) is 5.92 Å². The number of carbonyl (C=O) groups excluding carboxylic acids is 1. The number of amides is 1. The van der Waals surface area contributed by atoms with Crippen molar-refractivity contribution in [2.24, 2.45) is 10.9 Å². The van der Waals surface area contributed by atoms with Crippen molar-refractivity contribution in [2.75, 3.05) is 19.6 Å². The molecule has 1 saturated heterocycles. The number of halogens is 4. The fourth-order valence-electron chi connectivity index (χ4n) is 2.93. The monoisotopic (exact) mass is 512 g/mol. The molecule has 0 spiro atoms. The fourth-order valence-corrected chi connectivity index (χ4v) is 2.93. The lowest BCUT2D eigenvalue weighted by atomic mass is 10.1. The van der Waals surface area contributed by atoms with Crippen molar-refractivity contribution in [2.45, 2.75) is 46.0 Å². The molecule has 1 aliphatic rings. The van der Waals surface area contributed by atoms with E-state index in [1.807, 2.05) is 25.7 Å². The summed E-state index contributed by atoms with van der Waals surface area (Å²) in [7, 11) is 0. The Labute approximate surface area is 181 Å². The van der Waals surface area contributed by atoms with Crippen molar-refractivity contribution in [1.82, 2.24) is 15.5 Å². The van der Waals surface area contributed by atoms with Crippen LogP contribution in [0.15, 0.2) is 29.3 Å². The number of likely N-dealkylation sites (tertiary alicyclic amines) is 1. The third-order valence-electron chi connectivity index (χ3n) is 4.38. The number of benzene rings is 1. The van der Waals surface area contributed by atoms with Crippen LogP contribution in [0.1, 0.15) is 38.3 Å². The molecular formula is C19H28F3IN4O. The summed E-state index contributed by atoms with van der Waals surface area (Å²) in [4.78, 5) is 18.4. The molecule has 1 amide bonds. The van der Waals surface area contributed by atoms with Crippen molar-refractivity contribution in [3.05, 3.63) is 35.4 Å². The number of rotatable bonds is 5. The van der Waals surface area contributed by atoms with E-state index in [2.05, 4.69) is 15.6 Å². The summed E-state index contributed by atoms with van der Waals surface area (Å²) in [6.07, 6.45) is -3.50. The lowest BCUT2D eigenvalue weighted by Gasteiger charge is -2.20. The molecule has 5 nitrogen and oxygen atoms in total. The molecule has 0 aliphatic carbocycles. The quantitative estimate of drug-likeness (QED) is 0.360. The van der Waals surface area contributed by atoms with Gasteiger partial charge in [-0.2, -0.15) is 13.2 Å². The first kappa shape index (κ1) is 24.5. The third kappa shape index (κ3) is 7.14. The summed E-state index contributed by atoms with van der Waals surface area (Å²) in [5, 5.41) is 6.45. The highest BCUT2D eigenvalue weighted by atomic mass is 127. The summed E-state index contributed by atoms with van der Waals surface area (Å²) in [5.74, 6) is 0.720. The van der Waals surface area contributed by atoms with Crippen LogP contribution < -0.4 is 10.6 Å². The van der Waals surface area contributed by atoms with Crippen molar-refractivity contribution in [3.63, 3.8) is 0 Å². The second-order valence-corrected chi connectivity index (χ2v) is 6.96. The molecule has 1 unspecified atom stereocenters. The highest BCUT2D eigenvalue weighted by Gasteiger charge is 2.30. The molecule has 0 aromatic heterocycles. The highest BCUT2D eigenvalue weighted by molar-refractivity contribution is 14.0. The molecule has 1 aliphatic heterocycles. The Hall–Kier alpha value is -1.52. The van der Waals surface area contributed by atoms with Crippen LogP contribution >= 0.6 is 24.0 Å². The van der Waals surface area contributed by atoms with E-state index in [1.165, 1.54) is 12.1 Å². The summed E-state index contributed by atoms with van der Waals surface area (Å²) in [6, 6.07) is 5.12. The van der Waals surface area contributed by atoms with Crippen LogP contribution in [0.25, 0.3) is 0 Å². The minimum Gasteiger partial charge on any atom is -0.357 e. The van der Waals surface area contributed by atoms with Crippen LogP contribution in [0.4, 0.5) is 13.2 Å². The van der Waals surface area contributed by atoms with Crippen molar-refractivity contribution in [1.29, 1.82) is 0 Å². The zero-order chi connectivity index (χ0) is 20.0. The van der Waals surface area contributed by atoms with Gasteiger partial charge in [-0.25, -0.2) is 4.99 Å². The zero-order valence-corrected chi connectivity index (χ0v) is 18.7. The number of aliphatic imine (C=N–C) groups is 1. The molecule has 0 bridgehead atoms. The third-order valence-corrected chi connectivity index (χ3v) is 4.38. The number of hydrogen-bond donors (Lipinski definition) is 2. The molecule has 1 heterocycles. The van der Waals surface area contributed by atoms with Crippen LogP contribution in [0.2, 0.25) is 0 Å². The minimum absolute atomic E-state index is 0. The molecule has 1 aromatic carbocycles. The number of hydrogen-bond acceptors (Lipinski definition) is 2. The Morgan fingerprint density at radius 2 is 1.93 bits per heavy atom. The number of carbonyl (C=O) groups is 1. The second kappa shape index (κ2) is 10.9. The van der Waals surface area contributed by atoms with Crippen LogP contribution in [-0.4, -0.2) is 42.4 Å². The topological polar surface area (TPSA) is 56.7 Å². The van der Waals surface area contributed by atoms with Gasteiger partial charge in [-0.1, -0.05) is 26.0 Å². The van der Waals surface area contributed by atoms with Crippen LogP contribution in [0.5, 0.6) is 0 Å². The molecule has 0 saturated carbocycles. The molecule has 2 N–H and O–H groups in total. The zero-order valence-electron chi connectivity index (χ0n) is 16.3. The number of guanidine groups is 1. The normalized spacial score (nSPS) is 17.5. The summed E-state index contributed by atoms with van der Waals surface area (Å²) < 4.78 is 37.9. The molecule has 1 aromatic rings. The van der Waals surface area contributed by atoms with Gasteiger partial charge in [0.25, 0.3) is 0 Å². The molecule has 0 radical (unpaired) electrons. The summed E-state index contributed by atoms with van der Waals surface area (Å²) in [6.45, 7) is 8.00. The van der Waals surface area contributed by atoms with Gasteiger partial charge >= 0.3 is 6.18 Å². The lowest BCUT2D eigenvalue weighted by Crippen LogP contribution is -2.45. The van der Waals surface area contributed by atoms with Gasteiger partial charge in [0.2, 0.25) is 5.91 Å². The van der Waals surface area contributed by atoms with Gasteiger partial charge in [0, 0.05) is 31.6 Å². The van der Waals surface area contributed by atoms with Gasteiger partial charge in [0.15, 0.2) is 5.96 Å². The van der Waals surface area contributed by atoms with E-state index in [-0.39, 0.29) is 48.4 Å². The van der Waals surface area contributed by atoms with E-state index in [0.29, 0.717) is 31.2 Å². The van der Waals surface area contributed by atoms with Crippen molar-refractivity contribution >= 4 is 35.8 Å². The Balaban J connectivity index is 0.00000392. The number of nitrogens with one attached hydrogen (secondary N) is 2. The highest BCUT2D eigenvalue weighted by Crippen LogP contribution is 2.29. The van der Waals surface area contributed by atoms with E-state index in [9.17, 15) is 18.0 Å². The first-order valence-corrected chi connectivity index (χ1v) is 9.20. The molecule has 1 fully saturated rings. The van der Waals surface area contributed by atoms with Gasteiger partial charge in [-0.05, 0) is 31.0 Å². The molecule has 158 valence electrons. The smallest absolute Gasteiger partial charge is 0.357 e. The van der Waals surface area contributed by atoms with Gasteiger partial charge < -0.3 is 15.5 Å². The molecule has 1 atom stereocenters. The maximum Gasteiger partial charge on any atom is 0.416 e. The van der Waals surface area contributed by atoms with E-state index < -0.39 is 11.7 Å². The van der Waals surface area contributed by atoms with Crippen LogP contribution in [-0.2, 0) is 17.5 Å². The maximum absolute atomic E-state index is 12.6. The fraction of sp³-hybridized carbons (Fsp3) is 0.579. The Morgan fingerprint density at radius 3 is 2.46 bits per heavy atom. The number of alkyl halides is 3. The summed E-state index contributed by atoms with van der Waals surface area (Å²) >= 11 is 0. The van der Waals surface area contributed by atoms with Gasteiger partial charge in [-0.3, -0.25) is 4.79 Å². The van der Waals surface area contributed by atoms with Gasteiger partial charge in [-0.15, -0.1) is 24.0 Å². The summed E-state index contributed by atoms with van der Waals surface area (Å²) in [5.41, 5.74) is 0.0318. The van der Waals surface area contributed by atoms with E-state index in [1.54, 1.807) is 0 Å². The average molecular weight is 512 g/mol. The molecule has 9 heteroatoms. The lowest BCUT2D eigenvalue weighted by molar-refractivity contribution is -0.137. The average Bonchev–Trinajstić information content (AvgIpc) is 3.07. The van der Waals surface area contributed by atoms with Gasteiger partial charge in [0.1, 0.15) is 0 Å². The van der Waals surface area contributed by atoms with E-state index in [4.69, 9.17) is 0 Å². The number of nitrogens with zero attached hydrogens (tertiary/aromatic N) is 2. The first-order chi connectivity index (χ1) is 12.7. The second-order valence-electron chi connectivity index (χ2n) is 6.96. The Bertz CT molecular complexity index is 662. The Morgan fingerprint density at radius 1 is 1.29 bits per heavy atom. The SMILES string of the molecule is CCNC(=NCc1ccc(C(F)(F)F)cc1)NC1CCN(C(=O)C(C)C)C1.I. The minimum atomic E-state index is -4.33. The first-order valence-electron chi connectivity index (χ1n) is 9.20. The molecule has 28 heavy (non-hydrogen) atoms. The standard InChI is InChI=1S/C19H27F3N4O.HI/c1-4-23-18(25-16-9-10-26(12-16)17(27)13(2)3)24-11-14-5-7-15(8-6-14)19(20,21)22;/h5-8,13,16H,4,9-12H2,1-3H3,(H2,23,24,25);1H. The van der Waals surface area contributed by atoms with E-state index in [0.717, 1.165) is 18.6 Å². The Kier molecular flexibility index (Phi) is 9.52. The predicted molar refractivity (Wildman–Crippen MR) is 115 cm³/mol. The van der Waals surface area contributed by atoms with Crippen molar-refractivity contribution < 1.29 is 18.0 Å². The van der Waals surface area contributed by atoms with E-state index >= 15 is 0 Å². The van der Waals surface area contributed by atoms with Crippen LogP contribution in [0.3, 0.4) is 0 Å². The van der Waals surface area contributed by atoms with Gasteiger partial charge in [0.05, 0.1) is 12.1 Å².